The number of anilines is 3. The first kappa shape index (κ1) is 29.7. The largest absolute Gasteiger partial charge is 0.310 e. The van der Waals surface area contributed by atoms with Gasteiger partial charge >= 0.3 is 0 Å². The number of fused-ring (bicyclic) bond motifs is 9. The van der Waals surface area contributed by atoms with Gasteiger partial charge in [-0.05, 0) is 116 Å². The fraction of sp³-hybridized carbons (Fsp3) is 0.0800. The Bertz CT molecular complexity index is 2400. The predicted octanol–water partition coefficient (Wildman–Crippen LogP) is 13.2. The van der Waals surface area contributed by atoms with E-state index in [4.69, 9.17) is 0 Å². The molecule has 0 aliphatic heterocycles. The third-order valence-electron chi connectivity index (χ3n) is 11.3. The highest BCUT2D eigenvalue weighted by molar-refractivity contribution is 5.98. The highest BCUT2D eigenvalue weighted by atomic mass is 15.1. The molecule has 0 N–H and O–H groups in total. The van der Waals surface area contributed by atoms with E-state index in [0.29, 0.717) is 5.92 Å². The van der Waals surface area contributed by atoms with E-state index in [1.54, 1.807) is 0 Å². The molecule has 7 aromatic rings. The molecule has 0 amide bonds. The summed E-state index contributed by atoms with van der Waals surface area (Å²) >= 11 is 0. The molecule has 2 atom stereocenters. The molecule has 51 heavy (non-hydrogen) atoms. The van der Waals surface area contributed by atoms with E-state index in [0.717, 1.165) is 23.5 Å². The Balaban J connectivity index is 1.18. The fourth-order valence-corrected chi connectivity index (χ4v) is 9.01. The molecule has 1 nitrogen and oxygen atoms in total. The number of rotatable bonds is 5. The molecule has 0 radical (unpaired) electrons. The van der Waals surface area contributed by atoms with Crippen LogP contribution in [-0.2, 0) is 5.41 Å². The molecular formula is C50H37N. The highest BCUT2D eigenvalue weighted by Crippen LogP contribution is 2.64. The van der Waals surface area contributed by atoms with Crippen LogP contribution >= 0.6 is 0 Å². The first-order valence-corrected chi connectivity index (χ1v) is 18.1. The Labute approximate surface area is 300 Å². The molecule has 3 aliphatic rings. The van der Waals surface area contributed by atoms with Crippen LogP contribution in [0.25, 0.3) is 39.0 Å². The zero-order valence-corrected chi connectivity index (χ0v) is 28.6. The topological polar surface area (TPSA) is 3.24 Å². The number of hydrogen-bond donors (Lipinski definition) is 0. The van der Waals surface area contributed by atoms with E-state index in [9.17, 15) is 0 Å². The fourth-order valence-electron chi connectivity index (χ4n) is 9.01. The third-order valence-corrected chi connectivity index (χ3v) is 11.3. The molecule has 0 aromatic heterocycles. The molecule has 10 rings (SSSR count). The average Bonchev–Trinajstić information content (AvgIpc) is 3.66. The lowest BCUT2D eigenvalue weighted by molar-refractivity contribution is 0.630. The van der Waals surface area contributed by atoms with Crippen LogP contribution in [0.5, 0.6) is 0 Å². The summed E-state index contributed by atoms with van der Waals surface area (Å²) in [5.74, 6) is 0.483. The highest BCUT2D eigenvalue weighted by Gasteiger charge is 2.53. The van der Waals surface area contributed by atoms with Gasteiger partial charge in [-0.15, -0.1) is 0 Å². The van der Waals surface area contributed by atoms with Crippen LogP contribution in [-0.4, -0.2) is 0 Å². The van der Waals surface area contributed by atoms with Gasteiger partial charge in [0, 0.05) is 17.1 Å². The SMILES string of the molecule is CC1C=CC2=C(C1)C1(c3ccccc32)c2ccccc2-c2ccc(N(c3ccc(-c4ccccc4)cc3)c3ccc(-c4ccccc4)cc3)cc21. The van der Waals surface area contributed by atoms with Crippen molar-refractivity contribution in [2.75, 3.05) is 4.90 Å². The van der Waals surface area contributed by atoms with Gasteiger partial charge in [-0.2, -0.15) is 0 Å². The van der Waals surface area contributed by atoms with Crippen molar-refractivity contribution in [1.82, 2.24) is 0 Å². The lowest BCUT2D eigenvalue weighted by Gasteiger charge is -2.35. The van der Waals surface area contributed by atoms with Crippen molar-refractivity contribution in [1.29, 1.82) is 0 Å². The summed E-state index contributed by atoms with van der Waals surface area (Å²) in [5.41, 5.74) is 19.1. The maximum atomic E-state index is 2.50. The Kier molecular flexibility index (Phi) is 6.82. The summed E-state index contributed by atoms with van der Waals surface area (Å²) in [6, 6.07) is 64.8. The number of allylic oxidation sites excluding steroid dienone is 4. The number of benzene rings is 7. The van der Waals surface area contributed by atoms with Crippen LogP contribution in [0.15, 0.2) is 194 Å². The summed E-state index contributed by atoms with van der Waals surface area (Å²) in [6.45, 7) is 2.36. The van der Waals surface area contributed by atoms with E-state index in [2.05, 4.69) is 200 Å². The Morgan fingerprint density at radius 3 is 1.53 bits per heavy atom. The van der Waals surface area contributed by atoms with Crippen molar-refractivity contribution in [3.8, 4) is 33.4 Å². The van der Waals surface area contributed by atoms with E-state index >= 15 is 0 Å². The molecular weight excluding hydrogens is 615 g/mol. The minimum atomic E-state index is -0.327. The molecule has 0 saturated carbocycles. The molecule has 0 saturated heterocycles. The van der Waals surface area contributed by atoms with Crippen LogP contribution in [0.4, 0.5) is 17.1 Å². The maximum absolute atomic E-state index is 2.50. The zero-order chi connectivity index (χ0) is 33.9. The first-order chi connectivity index (χ1) is 25.2. The van der Waals surface area contributed by atoms with E-state index < -0.39 is 0 Å². The molecule has 3 aliphatic carbocycles. The monoisotopic (exact) mass is 651 g/mol. The molecule has 2 unspecified atom stereocenters. The molecule has 1 spiro atoms. The first-order valence-electron chi connectivity index (χ1n) is 18.1. The Hall–Kier alpha value is -6.18. The van der Waals surface area contributed by atoms with Gasteiger partial charge in [0.15, 0.2) is 0 Å². The molecule has 0 bridgehead atoms. The minimum absolute atomic E-state index is 0.327. The minimum Gasteiger partial charge on any atom is -0.310 e. The third kappa shape index (κ3) is 4.55. The lowest BCUT2D eigenvalue weighted by Crippen LogP contribution is -2.29. The van der Waals surface area contributed by atoms with Crippen LogP contribution in [0.2, 0.25) is 0 Å². The van der Waals surface area contributed by atoms with Gasteiger partial charge in [0.05, 0.1) is 5.41 Å². The molecule has 0 fully saturated rings. The summed E-state index contributed by atoms with van der Waals surface area (Å²) in [5, 5.41) is 0. The van der Waals surface area contributed by atoms with Gasteiger partial charge < -0.3 is 4.90 Å². The summed E-state index contributed by atoms with van der Waals surface area (Å²) < 4.78 is 0. The normalized spacial score (nSPS) is 17.9. The van der Waals surface area contributed by atoms with E-state index in [1.807, 2.05) is 0 Å². The van der Waals surface area contributed by atoms with Gasteiger partial charge in [-0.25, -0.2) is 0 Å². The number of nitrogens with zero attached hydrogens (tertiary/aromatic N) is 1. The van der Waals surface area contributed by atoms with E-state index in [1.165, 1.54) is 66.8 Å². The Morgan fingerprint density at radius 1 is 0.451 bits per heavy atom. The van der Waals surface area contributed by atoms with Crippen molar-refractivity contribution in [2.24, 2.45) is 5.92 Å². The van der Waals surface area contributed by atoms with Crippen molar-refractivity contribution in [3.63, 3.8) is 0 Å². The molecule has 7 aromatic carbocycles. The zero-order valence-electron chi connectivity index (χ0n) is 28.6. The smallest absolute Gasteiger partial charge is 0.0689 e. The summed E-state index contributed by atoms with van der Waals surface area (Å²) in [4.78, 5) is 2.43. The molecule has 242 valence electrons. The average molecular weight is 652 g/mol. The van der Waals surface area contributed by atoms with Gasteiger partial charge in [-0.3, -0.25) is 0 Å². The van der Waals surface area contributed by atoms with Crippen molar-refractivity contribution in [2.45, 2.75) is 18.8 Å². The summed E-state index contributed by atoms with van der Waals surface area (Å²) in [7, 11) is 0. The van der Waals surface area contributed by atoms with Crippen LogP contribution < -0.4 is 4.90 Å². The van der Waals surface area contributed by atoms with Crippen LogP contribution in [0, 0.1) is 5.92 Å². The van der Waals surface area contributed by atoms with Crippen LogP contribution in [0.3, 0.4) is 0 Å². The molecule has 0 heterocycles. The van der Waals surface area contributed by atoms with Gasteiger partial charge in [0.25, 0.3) is 0 Å². The maximum Gasteiger partial charge on any atom is 0.0689 e. The van der Waals surface area contributed by atoms with Crippen molar-refractivity contribution in [3.05, 3.63) is 216 Å². The Morgan fingerprint density at radius 2 is 0.922 bits per heavy atom. The van der Waals surface area contributed by atoms with Gasteiger partial charge in [0.1, 0.15) is 0 Å². The van der Waals surface area contributed by atoms with Gasteiger partial charge in [0.2, 0.25) is 0 Å². The van der Waals surface area contributed by atoms with E-state index in [-0.39, 0.29) is 5.41 Å². The standard InChI is InChI=1S/C50H37N/c1-34-20-30-44-42-16-8-10-18-46(42)50(48(44)32-34)47-19-11-9-17-43(47)45-31-29-41(33-49(45)50)51(39-25-21-37(22-26-39)35-12-4-2-5-13-35)40-27-23-38(24-28-40)36-14-6-3-7-15-36/h2-31,33-34H,32H2,1H3. The lowest BCUT2D eigenvalue weighted by atomic mass is 9.67. The number of hydrogen-bond acceptors (Lipinski definition) is 1. The van der Waals surface area contributed by atoms with Gasteiger partial charge in [-0.1, -0.05) is 159 Å². The summed E-state index contributed by atoms with van der Waals surface area (Å²) in [6.07, 6.45) is 5.84. The van der Waals surface area contributed by atoms with Crippen molar-refractivity contribution >= 4 is 22.6 Å². The van der Waals surface area contributed by atoms with Crippen molar-refractivity contribution < 1.29 is 0 Å². The second-order valence-electron chi connectivity index (χ2n) is 14.2. The quantitative estimate of drug-likeness (QED) is 0.179. The predicted molar refractivity (Wildman–Crippen MR) is 214 cm³/mol. The molecule has 1 heteroatoms. The second-order valence-corrected chi connectivity index (χ2v) is 14.2. The second kappa shape index (κ2) is 11.7. The van der Waals surface area contributed by atoms with Crippen LogP contribution in [0.1, 0.15) is 35.6 Å².